The first-order valence-corrected chi connectivity index (χ1v) is 24.3. The van der Waals surface area contributed by atoms with E-state index in [0.717, 1.165) is 23.6 Å². The lowest BCUT2D eigenvalue weighted by atomic mass is 9.53. The second kappa shape index (κ2) is 32.9. The number of esters is 1. The Morgan fingerprint density at radius 2 is 1.37 bits per heavy atom. The zero-order valence-electron chi connectivity index (χ0n) is 40.7. The standard InChI is InChI=1S/C22H34O6.C9H10O2.C7H7NO.C7H6O2.C3H5BrO2S.C2H4O2.C2H2/c1-6-14-12(2)7-8-21(4,26)10-16-15-11-27-17(15)9-18(24)22(16,5)20(25)19(14)28-13(3)23;10-9(11)7-6-8-4-2-1-3-5-8;2*8-7(9)6-4-2-1-3-5-6;1-7-2(4)3(5)6;1-2(3)4;1-2/h15-19,24,26H,6-11H2,1-5H3;1-5H,6-7H2,(H,10,11);1-5H,(H2,8,9);1-5H,(H,8,9);2H,1H3,(H,5,6);1H3,(H,3,4);1-2H/b14-12+;;;;;;/t15-,16?,17+,18-,19+,21+,22-;;;;;;/m0....../s1. The number of ether oxygens (including phenoxy) is 2. The van der Waals surface area contributed by atoms with Crippen LogP contribution >= 0.6 is 27.7 Å². The zero-order chi connectivity index (χ0) is 53.8. The van der Waals surface area contributed by atoms with Crippen molar-refractivity contribution < 1.29 is 73.7 Å². The number of carbonyl (C=O) groups excluding carboxylic acids is 3. The molecule has 0 aromatic heterocycles. The number of terminal acetylenes is 1. The van der Waals surface area contributed by atoms with Crippen molar-refractivity contribution in [3.63, 3.8) is 0 Å². The van der Waals surface area contributed by atoms with Gasteiger partial charge in [-0.3, -0.25) is 28.8 Å². The fraction of sp³-hybridized carbons (Fsp3) is 0.442. The Balaban J connectivity index is 0.000000932. The van der Waals surface area contributed by atoms with E-state index in [0.29, 0.717) is 56.3 Å². The van der Waals surface area contributed by atoms with E-state index in [4.69, 9.17) is 40.4 Å². The maximum atomic E-state index is 13.9. The van der Waals surface area contributed by atoms with Gasteiger partial charge in [0.05, 0.1) is 35.4 Å². The van der Waals surface area contributed by atoms with E-state index < -0.39 is 57.2 Å². The number of primary amides is 1. The number of benzene rings is 3. The molecule has 2 fully saturated rings. The van der Waals surface area contributed by atoms with Crippen molar-refractivity contribution in [2.45, 2.75) is 115 Å². The molecule has 2 aliphatic carbocycles. The number of aliphatic carboxylic acids is 3. The summed E-state index contributed by atoms with van der Waals surface area (Å²) in [5, 5.41) is 54.4. The Labute approximate surface area is 423 Å². The van der Waals surface area contributed by atoms with Crippen molar-refractivity contribution in [1.82, 2.24) is 0 Å². The van der Waals surface area contributed by atoms with Crippen LogP contribution in [0, 0.1) is 30.1 Å². The van der Waals surface area contributed by atoms with Gasteiger partial charge in [0.25, 0.3) is 5.97 Å². The van der Waals surface area contributed by atoms with Gasteiger partial charge in [-0.15, -0.1) is 24.6 Å². The summed E-state index contributed by atoms with van der Waals surface area (Å²) in [5.74, 6) is -4.52. The van der Waals surface area contributed by atoms with Gasteiger partial charge in [-0.25, -0.2) is 4.79 Å². The van der Waals surface area contributed by atoms with E-state index in [1.54, 1.807) is 67.8 Å². The second-order valence-electron chi connectivity index (χ2n) is 16.6. The highest BCUT2D eigenvalue weighted by atomic mass is 79.9. The molecular weight excluding hydrogens is 991 g/mol. The predicted molar refractivity (Wildman–Crippen MR) is 271 cm³/mol. The summed E-state index contributed by atoms with van der Waals surface area (Å²) >= 11 is 4.15. The van der Waals surface area contributed by atoms with Crippen LogP contribution in [0.2, 0.25) is 0 Å². The number of ketones is 1. The van der Waals surface area contributed by atoms with Crippen molar-refractivity contribution in [2.24, 2.45) is 23.0 Å². The number of aryl methyl sites for hydroxylation is 1. The minimum Gasteiger partial charge on any atom is -0.481 e. The number of aromatic carboxylic acids is 1. The first kappa shape index (κ1) is 64.2. The molecule has 1 saturated carbocycles. The number of halogens is 1. The highest BCUT2D eigenvalue weighted by Crippen LogP contribution is 2.54. The molecule has 1 amide bonds. The monoisotopic (exact) mass is 1060 g/mol. The summed E-state index contributed by atoms with van der Waals surface area (Å²) < 4.78 is 10.7. The molecule has 1 saturated heterocycles. The van der Waals surface area contributed by atoms with Crippen molar-refractivity contribution in [1.29, 1.82) is 0 Å². The number of aliphatic hydroxyl groups is 2. The smallest absolute Gasteiger partial charge is 0.335 e. The molecule has 3 aliphatic rings. The average Bonchev–Trinajstić information content (AvgIpc) is 3.31. The number of carboxylic acids is 4. The van der Waals surface area contributed by atoms with Crippen LogP contribution in [0.4, 0.5) is 0 Å². The molecule has 384 valence electrons. The number of alkyl halides is 1. The summed E-state index contributed by atoms with van der Waals surface area (Å²) in [7, 11) is 0. The predicted octanol–water partition coefficient (Wildman–Crippen LogP) is 7.92. The number of hydrogen-bond donors (Lipinski definition) is 7. The molecule has 8 N–H and O–H groups in total. The second-order valence-corrected chi connectivity index (χ2v) is 19.0. The van der Waals surface area contributed by atoms with E-state index in [-0.39, 0.29) is 36.1 Å². The number of carboxylic acid groups (broad SMARTS) is 4. The van der Waals surface area contributed by atoms with Crippen LogP contribution < -0.4 is 5.73 Å². The van der Waals surface area contributed by atoms with Crippen LogP contribution in [0.25, 0.3) is 0 Å². The van der Waals surface area contributed by atoms with Crippen molar-refractivity contribution in [3.05, 3.63) is 119 Å². The Hall–Kier alpha value is -5.84. The van der Waals surface area contributed by atoms with Crippen LogP contribution in [0.15, 0.2) is 102 Å². The third-order valence-corrected chi connectivity index (χ3v) is 13.5. The van der Waals surface area contributed by atoms with Gasteiger partial charge in [0.1, 0.15) is 0 Å². The number of rotatable bonds is 9. The van der Waals surface area contributed by atoms with Gasteiger partial charge in [0.2, 0.25) is 5.91 Å². The minimum atomic E-state index is -1.10. The molecule has 8 atom stereocenters. The summed E-state index contributed by atoms with van der Waals surface area (Å²) in [6.45, 7) is 10.4. The average molecular weight is 1060 g/mol. The molecule has 18 heteroatoms. The number of Topliss-reactive ketones (excluding diaryl/α,β-unsaturated/α-hetero) is 1. The Bertz CT molecular complexity index is 2120. The van der Waals surface area contributed by atoms with E-state index in [9.17, 15) is 39.0 Å². The third kappa shape index (κ3) is 22.7. The zero-order valence-corrected chi connectivity index (χ0v) is 43.1. The van der Waals surface area contributed by atoms with Crippen molar-refractivity contribution in [3.8, 4) is 12.8 Å². The van der Waals surface area contributed by atoms with Crippen molar-refractivity contribution in [2.75, 3.05) is 12.9 Å². The van der Waals surface area contributed by atoms with Gasteiger partial charge in [-0.05, 0) is 100 Å². The Morgan fingerprint density at radius 3 is 1.71 bits per heavy atom. The Morgan fingerprint density at radius 1 is 0.886 bits per heavy atom. The maximum absolute atomic E-state index is 13.9. The number of thioether (sulfide) groups is 1. The van der Waals surface area contributed by atoms with E-state index >= 15 is 0 Å². The molecule has 0 spiro atoms. The van der Waals surface area contributed by atoms with Crippen LogP contribution in [0.1, 0.15) is 106 Å². The number of carbonyl (C=O) groups is 7. The lowest BCUT2D eigenvalue weighted by Gasteiger charge is -2.57. The van der Waals surface area contributed by atoms with Gasteiger partial charge in [0, 0.05) is 38.2 Å². The van der Waals surface area contributed by atoms with Crippen LogP contribution in [-0.2, 0) is 39.9 Å². The van der Waals surface area contributed by atoms with E-state index in [2.05, 4.69) is 28.8 Å². The molecule has 3 aromatic rings. The molecule has 6 rings (SSSR count). The fourth-order valence-corrected chi connectivity index (χ4v) is 7.85. The van der Waals surface area contributed by atoms with Gasteiger partial charge < -0.3 is 45.8 Å². The lowest BCUT2D eigenvalue weighted by molar-refractivity contribution is -0.232. The van der Waals surface area contributed by atoms with Crippen LogP contribution in [0.3, 0.4) is 0 Å². The van der Waals surface area contributed by atoms with Crippen LogP contribution in [-0.4, -0.2) is 113 Å². The number of amides is 1. The maximum Gasteiger partial charge on any atom is 0.335 e. The Kier molecular flexibility index (Phi) is 30.1. The molecular formula is C52H68BrNO15S. The number of nitrogens with two attached hydrogens (primary N) is 1. The molecule has 0 radical (unpaired) electrons. The van der Waals surface area contributed by atoms with Crippen LogP contribution in [0.5, 0.6) is 0 Å². The normalized spacial score (nSPS) is 24.2. The summed E-state index contributed by atoms with van der Waals surface area (Å²) in [6, 6.07) is 26.7. The molecule has 70 heavy (non-hydrogen) atoms. The third-order valence-electron chi connectivity index (χ3n) is 11.4. The molecule has 1 heterocycles. The van der Waals surface area contributed by atoms with Gasteiger partial charge in [-0.1, -0.05) is 95.2 Å². The summed E-state index contributed by atoms with van der Waals surface area (Å²) in [6.07, 6.45) is 11.2. The van der Waals surface area contributed by atoms with Gasteiger partial charge >= 0.3 is 23.9 Å². The molecule has 0 bridgehead atoms. The quantitative estimate of drug-likeness (QED) is 0.0464. The number of fused-ring (bicyclic) bond motifs is 3. The minimum absolute atomic E-state index is 0.0743. The van der Waals surface area contributed by atoms with Crippen molar-refractivity contribution >= 4 is 69.2 Å². The first-order valence-electron chi connectivity index (χ1n) is 22.1. The largest absolute Gasteiger partial charge is 0.481 e. The fourth-order valence-electron chi connectivity index (χ4n) is 7.64. The number of hydrogen-bond acceptors (Lipinski definition) is 12. The topological polar surface area (TPSA) is 285 Å². The highest BCUT2D eigenvalue weighted by molar-refractivity contribution is 9.11. The summed E-state index contributed by atoms with van der Waals surface area (Å²) in [4.78, 5) is 75.4. The number of aliphatic hydroxyl groups excluding tert-OH is 1. The molecule has 2 unspecified atom stereocenters. The van der Waals surface area contributed by atoms with E-state index in [1.807, 2.05) is 57.2 Å². The SMILES string of the molecule is C#C.CC(=O)O.CC/C1=C(/C)CC[C@@](C)(O)CC2[C@@H]3CO[C@@H]3C[C@H](O)[C@@]2(C)C(=O)[C@@H]1OC(C)=O.CSC(Br)C(=O)O.NC(=O)c1ccccc1.O=C(O)CCc1ccccc1.O=C(O)c1ccccc1. The lowest BCUT2D eigenvalue weighted by Crippen LogP contribution is -2.65. The van der Waals surface area contributed by atoms with Gasteiger partial charge in [-0.2, -0.15) is 0 Å². The first-order chi connectivity index (χ1) is 32.8. The highest BCUT2D eigenvalue weighted by Gasteiger charge is 2.61. The van der Waals surface area contributed by atoms with Gasteiger partial charge in [0.15, 0.2) is 16.0 Å². The molecule has 1 aliphatic heterocycles. The molecule has 3 aromatic carbocycles. The molecule has 16 nitrogen and oxygen atoms in total. The van der Waals surface area contributed by atoms with E-state index in [1.165, 1.54) is 18.7 Å². The summed E-state index contributed by atoms with van der Waals surface area (Å²) in [5.41, 5.74) is 6.65. The number of allylic oxidation sites excluding steroid dienone is 1.